The van der Waals surface area contributed by atoms with E-state index in [2.05, 4.69) is 17.6 Å². The average Bonchev–Trinajstić information content (AvgIpc) is 2.50. The Labute approximate surface area is 134 Å². The molecule has 0 saturated carbocycles. The van der Waals surface area contributed by atoms with Crippen molar-refractivity contribution in [3.63, 3.8) is 0 Å². The van der Waals surface area contributed by atoms with Crippen molar-refractivity contribution >= 4 is 23.5 Å². The van der Waals surface area contributed by atoms with E-state index in [0.29, 0.717) is 10.4 Å². The van der Waals surface area contributed by atoms with Crippen molar-refractivity contribution in [2.45, 2.75) is 18.7 Å². The van der Waals surface area contributed by atoms with E-state index in [1.54, 1.807) is 19.1 Å². The first-order valence-corrected chi connectivity index (χ1v) is 7.13. The SMILES string of the molecule is Cc1ccc(S)c2c(=O)n(-c3ccc(F)c(F)c3F)c(C)nc12. The minimum atomic E-state index is -1.63. The number of fused-ring (bicyclic) bond motifs is 1. The zero-order valence-corrected chi connectivity index (χ0v) is 13.1. The van der Waals surface area contributed by atoms with E-state index >= 15 is 0 Å². The summed E-state index contributed by atoms with van der Waals surface area (Å²) in [7, 11) is 0. The van der Waals surface area contributed by atoms with Gasteiger partial charge in [0.1, 0.15) is 5.82 Å². The third-order valence-electron chi connectivity index (χ3n) is 3.63. The second kappa shape index (κ2) is 5.42. The van der Waals surface area contributed by atoms with Crippen LogP contribution in [0, 0.1) is 31.3 Å². The second-order valence-electron chi connectivity index (χ2n) is 5.12. The third kappa shape index (κ3) is 2.31. The monoisotopic (exact) mass is 336 g/mol. The first-order valence-electron chi connectivity index (χ1n) is 6.68. The Kier molecular flexibility index (Phi) is 3.68. The maximum atomic E-state index is 14.1. The van der Waals surface area contributed by atoms with Gasteiger partial charge in [0.2, 0.25) is 0 Å². The van der Waals surface area contributed by atoms with Gasteiger partial charge in [0, 0.05) is 4.90 Å². The Morgan fingerprint density at radius 3 is 2.43 bits per heavy atom. The Morgan fingerprint density at radius 2 is 1.74 bits per heavy atom. The summed E-state index contributed by atoms with van der Waals surface area (Å²) < 4.78 is 41.6. The van der Waals surface area contributed by atoms with Crippen molar-refractivity contribution in [1.29, 1.82) is 0 Å². The fourth-order valence-electron chi connectivity index (χ4n) is 2.48. The number of nitrogens with zero attached hydrogens (tertiary/aromatic N) is 2. The molecule has 118 valence electrons. The van der Waals surface area contributed by atoms with Crippen LogP contribution in [0.1, 0.15) is 11.4 Å². The topological polar surface area (TPSA) is 34.9 Å². The summed E-state index contributed by atoms with van der Waals surface area (Å²) in [6.07, 6.45) is 0. The van der Waals surface area contributed by atoms with Gasteiger partial charge in [-0.2, -0.15) is 0 Å². The van der Waals surface area contributed by atoms with Gasteiger partial charge in [0.25, 0.3) is 5.56 Å². The Bertz CT molecular complexity index is 1010. The summed E-state index contributed by atoms with van der Waals surface area (Å²) in [6.45, 7) is 3.27. The van der Waals surface area contributed by atoms with E-state index in [4.69, 9.17) is 0 Å². The van der Waals surface area contributed by atoms with Crippen LogP contribution in [0.3, 0.4) is 0 Å². The molecule has 0 aliphatic rings. The average molecular weight is 336 g/mol. The molecule has 0 atom stereocenters. The summed E-state index contributed by atoms with van der Waals surface area (Å²) in [5, 5.41) is 0.197. The molecule has 23 heavy (non-hydrogen) atoms. The number of hydrogen-bond acceptors (Lipinski definition) is 3. The molecule has 0 aliphatic heterocycles. The predicted molar refractivity (Wildman–Crippen MR) is 83.9 cm³/mol. The highest BCUT2D eigenvalue weighted by Crippen LogP contribution is 2.24. The summed E-state index contributed by atoms with van der Waals surface area (Å²) in [6, 6.07) is 5.16. The molecule has 0 spiro atoms. The molecule has 3 aromatic rings. The number of thiol groups is 1. The fourth-order valence-corrected chi connectivity index (χ4v) is 2.76. The summed E-state index contributed by atoms with van der Waals surface area (Å²) in [5.41, 5.74) is 0.219. The van der Waals surface area contributed by atoms with E-state index in [9.17, 15) is 18.0 Å². The smallest absolute Gasteiger partial charge is 0.267 e. The van der Waals surface area contributed by atoms with Crippen LogP contribution >= 0.6 is 12.6 Å². The molecule has 0 N–H and O–H groups in total. The molecule has 0 saturated heterocycles. The number of benzene rings is 2. The molecule has 0 aliphatic carbocycles. The molecule has 0 unspecified atom stereocenters. The molecular formula is C16H11F3N2OS. The first-order chi connectivity index (χ1) is 10.8. The zero-order chi connectivity index (χ0) is 16.9. The van der Waals surface area contributed by atoms with Gasteiger partial charge >= 0.3 is 0 Å². The van der Waals surface area contributed by atoms with Crippen LogP contribution in [0.2, 0.25) is 0 Å². The summed E-state index contributed by atoms with van der Waals surface area (Å²) >= 11 is 4.24. The molecule has 0 amide bonds. The number of aromatic nitrogens is 2. The summed E-state index contributed by atoms with van der Waals surface area (Å²) in [4.78, 5) is 17.4. The number of aryl methyl sites for hydroxylation is 2. The minimum absolute atomic E-state index is 0.162. The molecule has 0 radical (unpaired) electrons. The van der Waals surface area contributed by atoms with Crippen molar-refractivity contribution in [3.8, 4) is 5.69 Å². The van der Waals surface area contributed by atoms with Gasteiger partial charge < -0.3 is 0 Å². The fraction of sp³-hybridized carbons (Fsp3) is 0.125. The Balaban J connectivity index is 2.47. The van der Waals surface area contributed by atoms with E-state index in [-0.39, 0.29) is 11.2 Å². The van der Waals surface area contributed by atoms with Crippen molar-refractivity contribution in [2.24, 2.45) is 0 Å². The quantitative estimate of drug-likeness (QED) is 0.543. The maximum Gasteiger partial charge on any atom is 0.267 e. The zero-order valence-electron chi connectivity index (χ0n) is 12.2. The molecular weight excluding hydrogens is 325 g/mol. The molecule has 1 aromatic heterocycles. The molecule has 7 heteroatoms. The van der Waals surface area contributed by atoms with Gasteiger partial charge in [0.15, 0.2) is 17.5 Å². The van der Waals surface area contributed by atoms with Gasteiger partial charge in [-0.15, -0.1) is 12.6 Å². The van der Waals surface area contributed by atoms with Crippen molar-refractivity contribution in [3.05, 3.63) is 63.5 Å². The number of rotatable bonds is 1. The van der Waals surface area contributed by atoms with Crippen LogP contribution in [0.25, 0.3) is 16.6 Å². The van der Waals surface area contributed by atoms with Gasteiger partial charge in [-0.1, -0.05) is 6.07 Å². The lowest BCUT2D eigenvalue weighted by Gasteiger charge is -2.14. The van der Waals surface area contributed by atoms with Gasteiger partial charge in [0.05, 0.1) is 16.6 Å². The van der Waals surface area contributed by atoms with Crippen LogP contribution < -0.4 is 5.56 Å². The van der Waals surface area contributed by atoms with E-state index in [1.165, 1.54) is 6.92 Å². The maximum absolute atomic E-state index is 14.1. The first kappa shape index (κ1) is 15.6. The molecule has 1 heterocycles. The predicted octanol–water partition coefficient (Wildman–Crippen LogP) is 3.71. The van der Waals surface area contributed by atoms with Gasteiger partial charge in [-0.25, -0.2) is 18.2 Å². The third-order valence-corrected chi connectivity index (χ3v) is 4.00. The second-order valence-corrected chi connectivity index (χ2v) is 5.60. The highest BCUT2D eigenvalue weighted by Gasteiger charge is 2.19. The lowest BCUT2D eigenvalue weighted by Crippen LogP contribution is -2.24. The lowest BCUT2D eigenvalue weighted by molar-refractivity contribution is 0.444. The lowest BCUT2D eigenvalue weighted by atomic mass is 10.1. The highest BCUT2D eigenvalue weighted by atomic mass is 32.1. The van der Waals surface area contributed by atoms with E-state index in [1.807, 2.05) is 0 Å². The number of halogens is 3. The molecule has 3 nitrogen and oxygen atoms in total. The highest BCUT2D eigenvalue weighted by molar-refractivity contribution is 7.80. The van der Waals surface area contributed by atoms with Crippen LogP contribution in [0.4, 0.5) is 13.2 Å². The van der Waals surface area contributed by atoms with Crippen LogP contribution in [0.15, 0.2) is 34.0 Å². The largest absolute Gasteiger partial charge is 0.268 e. The molecule has 2 aromatic carbocycles. The van der Waals surface area contributed by atoms with E-state index in [0.717, 1.165) is 22.3 Å². The Hall–Kier alpha value is -2.28. The van der Waals surface area contributed by atoms with Crippen LogP contribution in [-0.2, 0) is 0 Å². The van der Waals surface area contributed by atoms with E-state index < -0.39 is 28.7 Å². The van der Waals surface area contributed by atoms with Gasteiger partial charge in [-0.05, 0) is 37.6 Å². The van der Waals surface area contributed by atoms with Crippen LogP contribution in [0.5, 0.6) is 0 Å². The van der Waals surface area contributed by atoms with Crippen molar-refractivity contribution in [1.82, 2.24) is 9.55 Å². The number of hydrogen-bond donors (Lipinski definition) is 1. The van der Waals surface area contributed by atoms with Crippen molar-refractivity contribution < 1.29 is 13.2 Å². The molecule has 3 rings (SSSR count). The normalized spacial score (nSPS) is 11.2. The molecule has 0 fully saturated rings. The van der Waals surface area contributed by atoms with Crippen molar-refractivity contribution in [2.75, 3.05) is 0 Å². The Morgan fingerprint density at radius 1 is 1.04 bits per heavy atom. The standard InChI is InChI=1S/C16H11F3N2OS/c1-7-3-6-11(23)12-15(7)20-8(2)21(16(12)22)10-5-4-9(17)13(18)14(10)19/h3-6,23H,1-2H3. The summed E-state index contributed by atoms with van der Waals surface area (Å²) in [5.74, 6) is -4.24. The van der Waals surface area contributed by atoms with Crippen LogP contribution in [-0.4, -0.2) is 9.55 Å². The van der Waals surface area contributed by atoms with Gasteiger partial charge in [-0.3, -0.25) is 9.36 Å². The minimum Gasteiger partial charge on any atom is -0.268 e. The molecule has 0 bridgehead atoms.